The van der Waals surface area contributed by atoms with Gasteiger partial charge in [-0.15, -0.1) is 12.4 Å². The van der Waals surface area contributed by atoms with Crippen LogP contribution < -0.4 is 16.0 Å². The van der Waals surface area contributed by atoms with Crippen LogP contribution in [0.1, 0.15) is 12.0 Å². The smallest absolute Gasteiger partial charge is 0.239 e. The largest absolute Gasteiger partial charge is 0.378 e. The fourth-order valence-electron chi connectivity index (χ4n) is 2.04. The van der Waals surface area contributed by atoms with Gasteiger partial charge in [0.15, 0.2) is 0 Å². The molecular weight excluding hydrogens is 306 g/mol. The van der Waals surface area contributed by atoms with Crippen LogP contribution in [0.4, 0.5) is 0 Å². The molecule has 1 heterocycles. The number of carbonyl (C=O) groups is 2. The molecule has 1 saturated heterocycles. The molecule has 1 aromatic carbocycles. The van der Waals surface area contributed by atoms with E-state index in [1.807, 2.05) is 30.3 Å². The lowest BCUT2D eigenvalue weighted by Crippen LogP contribution is -2.51. The van der Waals surface area contributed by atoms with Crippen molar-refractivity contribution in [3.63, 3.8) is 0 Å². The van der Waals surface area contributed by atoms with Crippen molar-refractivity contribution in [3.05, 3.63) is 35.9 Å². The van der Waals surface area contributed by atoms with Gasteiger partial charge < -0.3 is 20.7 Å². The maximum atomic E-state index is 11.8. The molecule has 122 valence electrons. The Morgan fingerprint density at radius 2 is 2.00 bits per heavy atom. The molecule has 7 heteroatoms. The van der Waals surface area contributed by atoms with Gasteiger partial charge in [0.2, 0.25) is 11.8 Å². The predicted octanol–water partition coefficient (Wildman–Crippen LogP) is 0.219. The third-order valence-electron chi connectivity index (χ3n) is 3.22. The molecule has 1 unspecified atom stereocenters. The maximum absolute atomic E-state index is 11.8. The lowest BCUT2D eigenvalue weighted by molar-refractivity contribution is -0.126. The van der Waals surface area contributed by atoms with Gasteiger partial charge in [0.25, 0.3) is 0 Å². The van der Waals surface area contributed by atoms with Crippen molar-refractivity contribution in [1.82, 2.24) is 16.0 Å². The molecule has 2 rings (SSSR count). The standard InChI is InChI=1S/C15H21N3O3.ClH/c19-14(18-10-12-4-2-1-3-5-12)6-7-17-15(20)13-11-21-9-8-16-13;/h1-5,13,16H,6-11H2,(H,17,20)(H,18,19);1H. The van der Waals surface area contributed by atoms with Crippen LogP contribution in [0.5, 0.6) is 0 Å². The summed E-state index contributed by atoms with van der Waals surface area (Å²) in [5, 5.41) is 8.63. The molecule has 1 atom stereocenters. The maximum Gasteiger partial charge on any atom is 0.239 e. The summed E-state index contributed by atoms with van der Waals surface area (Å²) in [5.74, 6) is -0.197. The second-order valence-electron chi connectivity index (χ2n) is 4.88. The third kappa shape index (κ3) is 6.43. The lowest BCUT2D eigenvalue weighted by atomic mass is 10.2. The fraction of sp³-hybridized carbons (Fsp3) is 0.467. The van der Waals surface area contributed by atoms with Crippen molar-refractivity contribution < 1.29 is 14.3 Å². The number of rotatable bonds is 6. The predicted molar refractivity (Wildman–Crippen MR) is 85.8 cm³/mol. The van der Waals surface area contributed by atoms with E-state index >= 15 is 0 Å². The summed E-state index contributed by atoms with van der Waals surface area (Å²) in [6.07, 6.45) is 0.270. The van der Waals surface area contributed by atoms with Gasteiger partial charge in [-0.3, -0.25) is 9.59 Å². The molecule has 0 aliphatic carbocycles. The lowest BCUT2D eigenvalue weighted by Gasteiger charge is -2.22. The topological polar surface area (TPSA) is 79.5 Å². The van der Waals surface area contributed by atoms with Crippen molar-refractivity contribution in [2.24, 2.45) is 0 Å². The molecule has 0 saturated carbocycles. The van der Waals surface area contributed by atoms with Crippen molar-refractivity contribution in [3.8, 4) is 0 Å². The Labute approximate surface area is 136 Å². The summed E-state index contributed by atoms with van der Waals surface area (Å²) in [4.78, 5) is 23.4. The molecule has 22 heavy (non-hydrogen) atoms. The van der Waals surface area contributed by atoms with E-state index in [0.717, 1.165) is 5.56 Å². The highest BCUT2D eigenvalue weighted by Gasteiger charge is 2.20. The van der Waals surface area contributed by atoms with Gasteiger partial charge in [-0.2, -0.15) is 0 Å². The van der Waals surface area contributed by atoms with Crippen LogP contribution in [-0.4, -0.2) is 44.2 Å². The highest BCUT2D eigenvalue weighted by molar-refractivity contribution is 5.85. The number of hydrogen-bond acceptors (Lipinski definition) is 4. The van der Waals surface area contributed by atoms with E-state index in [-0.39, 0.29) is 36.7 Å². The minimum Gasteiger partial charge on any atom is -0.378 e. The summed E-state index contributed by atoms with van der Waals surface area (Å²) in [6, 6.07) is 9.39. The van der Waals surface area contributed by atoms with Crippen molar-refractivity contribution >= 4 is 24.2 Å². The minimum absolute atomic E-state index is 0. The monoisotopic (exact) mass is 327 g/mol. The zero-order chi connectivity index (χ0) is 14.9. The summed E-state index contributed by atoms with van der Waals surface area (Å²) < 4.78 is 5.22. The van der Waals surface area contributed by atoms with E-state index in [0.29, 0.717) is 32.8 Å². The fourth-order valence-corrected chi connectivity index (χ4v) is 2.04. The Morgan fingerprint density at radius 3 is 2.68 bits per heavy atom. The van der Waals surface area contributed by atoms with Crippen LogP contribution in [0, 0.1) is 0 Å². The number of nitrogens with one attached hydrogen (secondary N) is 3. The minimum atomic E-state index is -0.314. The van der Waals surface area contributed by atoms with Gasteiger partial charge >= 0.3 is 0 Å². The molecule has 1 fully saturated rings. The third-order valence-corrected chi connectivity index (χ3v) is 3.22. The number of hydrogen-bond donors (Lipinski definition) is 3. The molecule has 3 N–H and O–H groups in total. The van der Waals surface area contributed by atoms with Gasteiger partial charge in [-0.05, 0) is 5.56 Å². The van der Waals surface area contributed by atoms with E-state index in [4.69, 9.17) is 4.74 Å². The van der Waals surface area contributed by atoms with Crippen LogP contribution in [0.15, 0.2) is 30.3 Å². The number of benzene rings is 1. The van der Waals surface area contributed by atoms with Gasteiger partial charge in [-0.1, -0.05) is 30.3 Å². The highest BCUT2D eigenvalue weighted by Crippen LogP contribution is 1.97. The normalized spacial score (nSPS) is 17.2. The molecule has 0 spiro atoms. The zero-order valence-electron chi connectivity index (χ0n) is 12.3. The molecule has 6 nitrogen and oxygen atoms in total. The molecule has 2 amide bonds. The van der Waals surface area contributed by atoms with Crippen LogP contribution in [0.2, 0.25) is 0 Å². The molecule has 1 aliphatic rings. The average molecular weight is 328 g/mol. The van der Waals surface area contributed by atoms with E-state index in [1.54, 1.807) is 0 Å². The zero-order valence-corrected chi connectivity index (χ0v) is 13.2. The number of morpholine rings is 1. The first-order chi connectivity index (χ1) is 10.3. The molecule has 1 aliphatic heterocycles. The Balaban J connectivity index is 0.00000242. The van der Waals surface area contributed by atoms with Gasteiger partial charge in [0.1, 0.15) is 6.04 Å². The summed E-state index contributed by atoms with van der Waals surface area (Å²) in [7, 11) is 0. The number of ether oxygens (including phenoxy) is 1. The quantitative estimate of drug-likeness (QED) is 0.698. The molecular formula is C15H22ClN3O3. The summed E-state index contributed by atoms with van der Waals surface area (Å²) in [5.41, 5.74) is 1.05. The number of carbonyl (C=O) groups excluding carboxylic acids is 2. The Hall–Kier alpha value is -1.63. The summed E-state index contributed by atoms with van der Waals surface area (Å²) in [6.45, 7) is 2.52. The van der Waals surface area contributed by atoms with Crippen LogP contribution in [-0.2, 0) is 20.9 Å². The highest BCUT2D eigenvalue weighted by atomic mass is 35.5. The Kier molecular flexibility index (Phi) is 8.50. The first-order valence-corrected chi connectivity index (χ1v) is 7.15. The van der Waals surface area contributed by atoms with E-state index in [2.05, 4.69) is 16.0 Å². The molecule has 0 bridgehead atoms. The number of amides is 2. The van der Waals surface area contributed by atoms with Crippen molar-refractivity contribution in [2.75, 3.05) is 26.3 Å². The molecule has 0 radical (unpaired) electrons. The van der Waals surface area contributed by atoms with Gasteiger partial charge in [-0.25, -0.2) is 0 Å². The van der Waals surface area contributed by atoms with E-state index in [1.165, 1.54) is 0 Å². The SMILES string of the molecule is Cl.O=C(CCNC(=O)C1COCCN1)NCc1ccccc1. The van der Waals surface area contributed by atoms with Gasteiger partial charge in [0.05, 0.1) is 13.2 Å². The van der Waals surface area contributed by atoms with E-state index in [9.17, 15) is 9.59 Å². The van der Waals surface area contributed by atoms with Crippen LogP contribution >= 0.6 is 12.4 Å². The number of halogens is 1. The first-order valence-electron chi connectivity index (χ1n) is 7.15. The summed E-state index contributed by atoms with van der Waals surface area (Å²) >= 11 is 0. The average Bonchev–Trinajstić information content (AvgIpc) is 2.54. The van der Waals surface area contributed by atoms with Crippen molar-refractivity contribution in [2.45, 2.75) is 19.0 Å². The second kappa shape index (κ2) is 10.2. The van der Waals surface area contributed by atoms with Gasteiger partial charge in [0, 0.05) is 26.1 Å². The van der Waals surface area contributed by atoms with Crippen LogP contribution in [0.25, 0.3) is 0 Å². The van der Waals surface area contributed by atoms with Crippen LogP contribution in [0.3, 0.4) is 0 Å². The van der Waals surface area contributed by atoms with E-state index < -0.39 is 0 Å². The second-order valence-corrected chi connectivity index (χ2v) is 4.88. The van der Waals surface area contributed by atoms with Crippen molar-refractivity contribution in [1.29, 1.82) is 0 Å². The first kappa shape index (κ1) is 18.4. The Morgan fingerprint density at radius 1 is 1.23 bits per heavy atom. The molecule has 0 aromatic heterocycles. The Bertz CT molecular complexity index is 464. The molecule has 1 aromatic rings.